The quantitative estimate of drug-likeness (QED) is 0.709. The first kappa shape index (κ1) is 14.2. The van der Waals surface area contributed by atoms with Crippen LogP contribution in [0.3, 0.4) is 0 Å². The van der Waals surface area contributed by atoms with Gasteiger partial charge in [0.05, 0.1) is 11.9 Å². The van der Waals surface area contributed by atoms with Crippen LogP contribution in [-0.4, -0.2) is 45.5 Å². The van der Waals surface area contributed by atoms with Crippen molar-refractivity contribution in [1.82, 2.24) is 10.0 Å². The Labute approximate surface area is 110 Å². The summed E-state index contributed by atoms with van der Waals surface area (Å²) in [6, 6.07) is 0.504. The van der Waals surface area contributed by atoms with E-state index in [2.05, 4.69) is 10.0 Å². The second-order valence-electron chi connectivity index (χ2n) is 5.57. The molecule has 2 rings (SSSR count). The monoisotopic (exact) mass is 276 g/mol. The fraction of sp³-hybridized carbons (Fsp3) is 1.00. The van der Waals surface area contributed by atoms with Crippen molar-refractivity contribution in [2.24, 2.45) is 5.92 Å². The van der Waals surface area contributed by atoms with E-state index in [0.29, 0.717) is 25.1 Å². The minimum Gasteiger partial charge on any atom is -0.381 e. The van der Waals surface area contributed by atoms with Crippen molar-refractivity contribution in [3.05, 3.63) is 0 Å². The molecule has 0 aromatic carbocycles. The first-order chi connectivity index (χ1) is 8.49. The van der Waals surface area contributed by atoms with Gasteiger partial charge in [0.15, 0.2) is 0 Å². The maximum atomic E-state index is 12.1. The minimum atomic E-state index is -3.23. The predicted molar refractivity (Wildman–Crippen MR) is 70.9 cm³/mol. The van der Waals surface area contributed by atoms with Crippen LogP contribution in [0.25, 0.3) is 0 Å². The lowest BCUT2D eigenvalue weighted by molar-refractivity contribution is 0.180. The van der Waals surface area contributed by atoms with E-state index in [0.717, 1.165) is 13.0 Å². The predicted octanol–water partition coefficient (Wildman–Crippen LogP) is 0.471. The Morgan fingerprint density at radius 3 is 2.56 bits per heavy atom. The molecule has 1 aliphatic carbocycles. The Kier molecular flexibility index (Phi) is 4.64. The van der Waals surface area contributed by atoms with Crippen LogP contribution in [0.15, 0.2) is 0 Å². The van der Waals surface area contributed by atoms with Crippen molar-refractivity contribution in [2.45, 2.75) is 50.4 Å². The molecular weight excluding hydrogens is 252 g/mol. The highest BCUT2D eigenvalue weighted by atomic mass is 32.2. The lowest BCUT2D eigenvalue weighted by Crippen LogP contribution is -2.45. The standard InChI is InChI=1S/C12H24N2O3S/c1-9(7-13-12-3-4-12)18(15,16)14-10(2)11-5-6-17-8-11/h9-14H,3-8H2,1-2H3. The molecule has 0 bridgehead atoms. The maximum absolute atomic E-state index is 12.1. The summed E-state index contributed by atoms with van der Waals surface area (Å²) in [6.45, 7) is 5.63. The largest absolute Gasteiger partial charge is 0.381 e. The van der Waals surface area contributed by atoms with E-state index in [1.165, 1.54) is 12.8 Å². The van der Waals surface area contributed by atoms with Gasteiger partial charge in [-0.15, -0.1) is 0 Å². The third kappa shape index (κ3) is 3.91. The van der Waals surface area contributed by atoms with Gasteiger partial charge in [-0.25, -0.2) is 13.1 Å². The molecule has 106 valence electrons. The average molecular weight is 276 g/mol. The zero-order valence-corrected chi connectivity index (χ0v) is 12.0. The second kappa shape index (κ2) is 5.86. The Hall–Kier alpha value is -0.170. The van der Waals surface area contributed by atoms with E-state index in [1.807, 2.05) is 6.92 Å². The SMILES string of the molecule is CC(NS(=O)(=O)C(C)CNC1CC1)C1CCOC1. The molecule has 6 heteroatoms. The normalized spacial score (nSPS) is 28.2. The van der Waals surface area contributed by atoms with Gasteiger partial charge in [0.25, 0.3) is 0 Å². The Balaban J connectivity index is 1.80. The number of ether oxygens (including phenoxy) is 1. The third-order valence-electron chi connectivity index (χ3n) is 3.82. The van der Waals surface area contributed by atoms with Gasteiger partial charge < -0.3 is 10.1 Å². The summed E-state index contributed by atoms with van der Waals surface area (Å²) in [5.74, 6) is 0.309. The first-order valence-electron chi connectivity index (χ1n) is 6.81. The van der Waals surface area contributed by atoms with Crippen molar-refractivity contribution in [3.8, 4) is 0 Å². The van der Waals surface area contributed by atoms with Crippen LogP contribution >= 0.6 is 0 Å². The Morgan fingerprint density at radius 1 is 1.28 bits per heavy atom. The van der Waals surface area contributed by atoms with Crippen LogP contribution < -0.4 is 10.0 Å². The maximum Gasteiger partial charge on any atom is 0.215 e. The highest BCUT2D eigenvalue weighted by Crippen LogP contribution is 2.19. The van der Waals surface area contributed by atoms with Crippen LogP contribution in [0.1, 0.15) is 33.1 Å². The van der Waals surface area contributed by atoms with Gasteiger partial charge in [0.1, 0.15) is 0 Å². The van der Waals surface area contributed by atoms with E-state index in [4.69, 9.17) is 4.74 Å². The molecule has 1 aliphatic heterocycles. The van der Waals surface area contributed by atoms with Gasteiger partial charge in [-0.1, -0.05) is 0 Å². The Morgan fingerprint density at radius 2 is 2.00 bits per heavy atom. The van der Waals surface area contributed by atoms with Crippen molar-refractivity contribution in [2.75, 3.05) is 19.8 Å². The molecule has 3 atom stereocenters. The summed E-state index contributed by atoms with van der Waals surface area (Å²) < 4.78 is 32.4. The summed E-state index contributed by atoms with van der Waals surface area (Å²) in [5, 5.41) is 2.88. The average Bonchev–Trinajstić information content (AvgIpc) is 2.96. The van der Waals surface area contributed by atoms with Crippen molar-refractivity contribution >= 4 is 10.0 Å². The second-order valence-corrected chi connectivity index (χ2v) is 7.70. The van der Waals surface area contributed by atoms with Crippen molar-refractivity contribution in [1.29, 1.82) is 0 Å². The third-order valence-corrected chi connectivity index (χ3v) is 5.75. The molecular formula is C12H24N2O3S. The topological polar surface area (TPSA) is 67.4 Å². The molecule has 2 N–H and O–H groups in total. The summed E-state index contributed by atoms with van der Waals surface area (Å²) >= 11 is 0. The van der Waals surface area contributed by atoms with E-state index in [9.17, 15) is 8.42 Å². The number of sulfonamides is 1. The molecule has 3 unspecified atom stereocenters. The number of hydrogen-bond acceptors (Lipinski definition) is 4. The number of rotatable bonds is 7. The van der Waals surface area contributed by atoms with E-state index in [1.54, 1.807) is 6.92 Å². The molecule has 2 fully saturated rings. The highest BCUT2D eigenvalue weighted by Gasteiger charge is 2.30. The molecule has 0 aromatic heterocycles. The molecule has 2 aliphatic rings. The molecule has 0 radical (unpaired) electrons. The van der Waals surface area contributed by atoms with Gasteiger partial charge in [0, 0.05) is 31.2 Å². The lowest BCUT2D eigenvalue weighted by atomic mass is 10.0. The molecule has 1 saturated heterocycles. The summed E-state index contributed by atoms with van der Waals surface area (Å²) in [5.41, 5.74) is 0. The van der Waals surface area contributed by atoms with Gasteiger partial charge in [-0.2, -0.15) is 0 Å². The smallest absolute Gasteiger partial charge is 0.215 e. The van der Waals surface area contributed by atoms with Crippen LogP contribution in [-0.2, 0) is 14.8 Å². The molecule has 1 saturated carbocycles. The number of hydrogen-bond donors (Lipinski definition) is 2. The Bertz CT molecular complexity index is 362. The van der Waals surface area contributed by atoms with Crippen molar-refractivity contribution < 1.29 is 13.2 Å². The number of nitrogens with one attached hydrogen (secondary N) is 2. The van der Waals surface area contributed by atoms with Crippen LogP contribution in [0.4, 0.5) is 0 Å². The van der Waals surface area contributed by atoms with Crippen molar-refractivity contribution in [3.63, 3.8) is 0 Å². The first-order valence-corrected chi connectivity index (χ1v) is 8.36. The molecule has 18 heavy (non-hydrogen) atoms. The van der Waals surface area contributed by atoms with E-state index >= 15 is 0 Å². The summed E-state index contributed by atoms with van der Waals surface area (Å²) in [6.07, 6.45) is 3.30. The molecule has 0 aromatic rings. The molecule has 0 amide bonds. The van der Waals surface area contributed by atoms with Gasteiger partial charge in [0.2, 0.25) is 10.0 Å². The summed E-state index contributed by atoms with van der Waals surface area (Å²) in [7, 11) is -3.23. The van der Waals surface area contributed by atoms with Gasteiger partial charge >= 0.3 is 0 Å². The van der Waals surface area contributed by atoms with Crippen LogP contribution in [0, 0.1) is 5.92 Å². The fourth-order valence-corrected chi connectivity index (χ4v) is 3.41. The minimum absolute atomic E-state index is 0.0409. The van der Waals surface area contributed by atoms with E-state index < -0.39 is 10.0 Å². The van der Waals surface area contributed by atoms with Crippen LogP contribution in [0.2, 0.25) is 0 Å². The zero-order chi connectivity index (χ0) is 13.2. The van der Waals surface area contributed by atoms with Crippen LogP contribution in [0.5, 0.6) is 0 Å². The van der Waals surface area contributed by atoms with Gasteiger partial charge in [-0.05, 0) is 33.1 Å². The summed E-state index contributed by atoms with van der Waals surface area (Å²) in [4.78, 5) is 0. The zero-order valence-electron chi connectivity index (χ0n) is 11.2. The highest BCUT2D eigenvalue weighted by molar-refractivity contribution is 7.90. The molecule has 1 heterocycles. The molecule has 5 nitrogen and oxygen atoms in total. The lowest BCUT2D eigenvalue weighted by Gasteiger charge is -2.22. The fourth-order valence-electron chi connectivity index (χ4n) is 2.15. The van der Waals surface area contributed by atoms with E-state index in [-0.39, 0.29) is 11.3 Å². The van der Waals surface area contributed by atoms with Gasteiger partial charge in [-0.3, -0.25) is 0 Å². The molecule has 0 spiro atoms.